The number of likely N-dealkylation sites (N-methyl/N-ethyl adjacent to an activating group) is 1. The van der Waals surface area contributed by atoms with Crippen LogP contribution in [0, 0.1) is 0 Å². The second kappa shape index (κ2) is 6.10. The van der Waals surface area contributed by atoms with Crippen LogP contribution in [-0.4, -0.2) is 45.3 Å². The van der Waals surface area contributed by atoms with Crippen LogP contribution in [-0.2, 0) is 14.8 Å². The quantitative estimate of drug-likeness (QED) is 0.607. The van der Waals surface area contributed by atoms with Gasteiger partial charge in [-0.1, -0.05) is 0 Å². The predicted molar refractivity (Wildman–Crippen MR) is 77.8 cm³/mol. The fraction of sp³-hybridized carbons (Fsp3) is 0.333. The molecule has 1 aromatic carbocycles. The van der Waals surface area contributed by atoms with Gasteiger partial charge in [-0.05, 0) is 25.1 Å². The number of nitrogens with two attached hydrogens (primary N) is 2. The third-order valence-electron chi connectivity index (χ3n) is 2.73. The van der Waals surface area contributed by atoms with Gasteiger partial charge in [0.2, 0.25) is 21.8 Å². The SMILES string of the molecule is CC(NS(=O)(=O)c1ccc(C(N)=O)cc1N)C(=O)N(C)C. The van der Waals surface area contributed by atoms with Gasteiger partial charge in [0, 0.05) is 19.7 Å². The van der Waals surface area contributed by atoms with E-state index in [2.05, 4.69) is 4.72 Å². The van der Waals surface area contributed by atoms with Gasteiger partial charge in [0.25, 0.3) is 0 Å². The number of benzene rings is 1. The highest BCUT2D eigenvalue weighted by atomic mass is 32.2. The first-order valence-electron chi connectivity index (χ1n) is 5.99. The Bertz CT molecular complexity index is 670. The molecule has 1 rings (SSSR count). The summed E-state index contributed by atoms with van der Waals surface area (Å²) in [5.41, 5.74) is 10.7. The smallest absolute Gasteiger partial charge is 0.248 e. The van der Waals surface area contributed by atoms with E-state index in [-0.39, 0.29) is 16.1 Å². The topological polar surface area (TPSA) is 136 Å². The van der Waals surface area contributed by atoms with Gasteiger partial charge in [-0.2, -0.15) is 4.72 Å². The van der Waals surface area contributed by atoms with Crippen LogP contribution in [0.15, 0.2) is 23.1 Å². The Kier molecular flexibility index (Phi) is 4.92. The van der Waals surface area contributed by atoms with E-state index < -0.39 is 27.9 Å². The number of anilines is 1. The molecule has 5 N–H and O–H groups in total. The molecule has 0 saturated heterocycles. The van der Waals surface area contributed by atoms with Crippen molar-refractivity contribution in [2.24, 2.45) is 5.73 Å². The zero-order chi connectivity index (χ0) is 16.4. The van der Waals surface area contributed by atoms with Gasteiger partial charge in [0.1, 0.15) is 4.90 Å². The molecule has 0 aliphatic rings. The molecule has 9 heteroatoms. The minimum atomic E-state index is -3.99. The van der Waals surface area contributed by atoms with Gasteiger partial charge in [-0.25, -0.2) is 8.42 Å². The lowest BCUT2D eigenvalue weighted by molar-refractivity contribution is -0.130. The van der Waals surface area contributed by atoms with Gasteiger partial charge in [0.05, 0.1) is 11.7 Å². The average molecular weight is 314 g/mol. The molecule has 2 amide bonds. The van der Waals surface area contributed by atoms with E-state index in [1.165, 1.54) is 44.1 Å². The van der Waals surface area contributed by atoms with Crippen molar-refractivity contribution in [3.63, 3.8) is 0 Å². The van der Waals surface area contributed by atoms with Crippen LogP contribution in [0.1, 0.15) is 17.3 Å². The van der Waals surface area contributed by atoms with Crippen LogP contribution in [0.5, 0.6) is 0 Å². The number of sulfonamides is 1. The Balaban J connectivity index is 3.09. The van der Waals surface area contributed by atoms with Crippen molar-refractivity contribution in [1.82, 2.24) is 9.62 Å². The summed E-state index contributed by atoms with van der Waals surface area (Å²) in [6, 6.07) is 2.66. The summed E-state index contributed by atoms with van der Waals surface area (Å²) in [5, 5.41) is 0. The fourth-order valence-electron chi connectivity index (χ4n) is 1.68. The molecule has 0 bridgehead atoms. The summed E-state index contributed by atoms with van der Waals surface area (Å²) >= 11 is 0. The number of rotatable bonds is 5. The Hall–Kier alpha value is -2.13. The highest BCUT2D eigenvalue weighted by Gasteiger charge is 2.25. The molecular weight excluding hydrogens is 296 g/mol. The van der Waals surface area contributed by atoms with E-state index in [1.807, 2.05) is 0 Å². The lowest BCUT2D eigenvalue weighted by Gasteiger charge is -2.18. The maximum absolute atomic E-state index is 12.2. The second-order valence-electron chi connectivity index (χ2n) is 4.69. The van der Waals surface area contributed by atoms with E-state index in [0.29, 0.717) is 0 Å². The fourth-order valence-corrected chi connectivity index (χ4v) is 2.99. The zero-order valence-electron chi connectivity index (χ0n) is 12.0. The third kappa shape index (κ3) is 3.92. The number of nitrogens with zero attached hydrogens (tertiary/aromatic N) is 1. The number of hydrogen-bond acceptors (Lipinski definition) is 5. The van der Waals surface area contributed by atoms with Crippen molar-refractivity contribution < 1.29 is 18.0 Å². The molecule has 0 heterocycles. The zero-order valence-corrected chi connectivity index (χ0v) is 12.8. The number of amides is 2. The van der Waals surface area contributed by atoms with Gasteiger partial charge < -0.3 is 16.4 Å². The first kappa shape index (κ1) is 16.9. The molecule has 116 valence electrons. The first-order valence-corrected chi connectivity index (χ1v) is 7.47. The number of primary amides is 1. The second-order valence-corrected chi connectivity index (χ2v) is 6.37. The maximum atomic E-state index is 12.2. The Morgan fingerprint density at radius 3 is 2.29 bits per heavy atom. The van der Waals surface area contributed by atoms with Crippen LogP contribution in [0.25, 0.3) is 0 Å². The molecule has 1 aromatic rings. The monoisotopic (exact) mass is 314 g/mol. The van der Waals surface area contributed by atoms with Crippen LogP contribution in [0.4, 0.5) is 5.69 Å². The Morgan fingerprint density at radius 1 is 1.29 bits per heavy atom. The van der Waals surface area contributed by atoms with E-state index in [0.717, 1.165) is 0 Å². The maximum Gasteiger partial charge on any atom is 0.248 e. The van der Waals surface area contributed by atoms with Crippen LogP contribution >= 0.6 is 0 Å². The van der Waals surface area contributed by atoms with E-state index in [4.69, 9.17) is 11.5 Å². The van der Waals surface area contributed by atoms with Crippen molar-refractivity contribution >= 4 is 27.5 Å². The summed E-state index contributed by atoms with van der Waals surface area (Å²) in [5.74, 6) is -1.11. The average Bonchev–Trinajstić information content (AvgIpc) is 2.36. The number of carbonyl (C=O) groups excluding carboxylic acids is 2. The molecule has 0 aromatic heterocycles. The third-order valence-corrected chi connectivity index (χ3v) is 4.34. The molecule has 0 saturated carbocycles. The van der Waals surface area contributed by atoms with Gasteiger partial charge in [-0.3, -0.25) is 9.59 Å². The van der Waals surface area contributed by atoms with Crippen molar-refractivity contribution in [1.29, 1.82) is 0 Å². The molecule has 0 radical (unpaired) electrons. The summed E-state index contributed by atoms with van der Waals surface area (Å²) in [7, 11) is -0.952. The molecular formula is C12H18N4O4S. The minimum Gasteiger partial charge on any atom is -0.398 e. The summed E-state index contributed by atoms with van der Waals surface area (Å²) in [6.45, 7) is 1.42. The molecule has 1 unspecified atom stereocenters. The van der Waals surface area contributed by atoms with E-state index >= 15 is 0 Å². The largest absolute Gasteiger partial charge is 0.398 e. The van der Waals surface area contributed by atoms with Crippen LogP contribution in [0.3, 0.4) is 0 Å². The lowest BCUT2D eigenvalue weighted by atomic mass is 10.2. The molecule has 0 spiro atoms. The Morgan fingerprint density at radius 2 is 1.86 bits per heavy atom. The normalized spacial score (nSPS) is 12.7. The van der Waals surface area contributed by atoms with Crippen LogP contribution < -0.4 is 16.2 Å². The van der Waals surface area contributed by atoms with Crippen molar-refractivity contribution in [2.75, 3.05) is 19.8 Å². The van der Waals surface area contributed by atoms with Gasteiger partial charge >= 0.3 is 0 Å². The number of nitrogen functional groups attached to an aromatic ring is 1. The Labute approximate surface area is 123 Å². The number of carbonyl (C=O) groups is 2. The molecule has 0 aliphatic heterocycles. The molecule has 1 atom stereocenters. The van der Waals surface area contributed by atoms with Crippen molar-refractivity contribution in [2.45, 2.75) is 17.9 Å². The molecule has 0 aliphatic carbocycles. The predicted octanol–water partition coefficient (Wildman–Crippen LogP) is -0.877. The lowest BCUT2D eigenvalue weighted by Crippen LogP contribution is -2.44. The van der Waals surface area contributed by atoms with E-state index in [9.17, 15) is 18.0 Å². The van der Waals surface area contributed by atoms with Crippen molar-refractivity contribution in [3.05, 3.63) is 23.8 Å². The molecule has 8 nitrogen and oxygen atoms in total. The minimum absolute atomic E-state index is 0.101. The molecule has 21 heavy (non-hydrogen) atoms. The standard InChI is InChI=1S/C12H18N4O4S/c1-7(12(18)16(2)3)15-21(19,20)10-5-4-8(11(14)17)6-9(10)13/h4-7,15H,13H2,1-3H3,(H2,14,17). The number of hydrogen-bond donors (Lipinski definition) is 3. The number of nitrogens with one attached hydrogen (secondary N) is 1. The summed E-state index contributed by atoms with van der Waals surface area (Å²) < 4.78 is 26.6. The van der Waals surface area contributed by atoms with Gasteiger partial charge in [0.15, 0.2) is 0 Å². The van der Waals surface area contributed by atoms with Gasteiger partial charge in [-0.15, -0.1) is 0 Å². The van der Waals surface area contributed by atoms with Crippen LogP contribution in [0.2, 0.25) is 0 Å². The first-order chi connectivity index (χ1) is 9.56. The summed E-state index contributed by atoms with van der Waals surface area (Å²) in [4.78, 5) is 23.7. The molecule has 0 fully saturated rings. The highest BCUT2D eigenvalue weighted by molar-refractivity contribution is 7.89. The summed E-state index contributed by atoms with van der Waals surface area (Å²) in [6.07, 6.45) is 0. The highest BCUT2D eigenvalue weighted by Crippen LogP contribution is 2.20. The van der Waals surface area contributed by atoms with Crippen molar-refractivity contribution in [3.8, 4) is 0 Å². The van der Waals surface area contributed by atoms with E-state index in [1.54, 1.807) is 0 Å².